The summed E-state index contributed by atoms with van der Waals surface area (Å²) in [7, 11) is 0. The minimum atomic E-state index is -4.64. The second-order valence-electron chi connectivity index (χ2n) is 4.03. The molecule has 0 unspecified atom stereocenters. The standard InChI is InChI=1S/C11H9F4NO2/c1-5-9(18-10(17)16-5)6-2-7(11(13,14)15)4-8(12)3-6/h2-5,9H,1H3,(H,16,17)/t5-,9-/m0/s1. The fourth-order valence-corrected chi connectivity index (χ4v) is 1.81. The number of hydrogen-bond donors (Lipinski definition) is 1. The average Bonchev–Trinajstić information content (AvgIpc) is 2.55. The molecule has 7 heteroatoms. The Morgan fingerprint density at radius 3 is 2.44 bits per heavy atom. The highest BCUT2D eigenvalue weighted by Crippen LogP contribution is 2.34. The number of nitrogens with one attached hydrogen (secondary N) is 1. The lowest BCUT2D eigenvalue weighted by Gasteiger charge is -2.15. The van der Waals surface area contributed by atoms with E-state index in [1.165, 1.54) is 0 Å². The van der Waals surface area contributed by atoms with E-state index >= 15 is 0 Å². The van der Waals surface area contributed by atoms with E-state index in [1.54, 1.807) is 6.92 Å². The molecular weight excluding hydrogens is 254 g/mol. The fraction of sp³-hybridized carbons (Fsp3) is 0.364. The molecule has 1 aliphatic rings. The van der Waals surface area contributed by atoms with Gasteiger partial charge in [0.1, 0.15) is 11.9 Å². The SMILES string of the molecule is C[C@@H]1NC(=O)O[C@@H]1c1cc(F)cc(C(F)(F)F)c1. The van der Waals surface area contributed by atoms with Gasteiger partial charge in [0.2, 0.25) is 0 Å². The third kappa shape index (κ3) is 2.39. The van der Waals surface area contributed by atoms with E-state index in [4.69, 9.17) is 4.74 Å². The predicted molar refractivity (Wildman–Crippen MR) is 53.2 cm³/mol. The molecule has 1 N–H and O–H groups in total. The van der Waals surface area contributed by atoms with Crippen molar-refractivity contribution >= 4 is 6.09 Å². The highest BCUT2D eigenvalue weighted by atomic mass is 19.4. The molecule has 1 aromatic carbocycles. The number of rotatable bonds is 1. The summed E-state index contributed by atoms with van der Waals surface area (Å²) < 4.78 is 55.5. The maximum absolute atomic E-state index is 13.2. The van der Waals surface area contributed by atoms with E-state index in [0.29, 0.717) is 6.07 Å². The first kappa shape index (κ1) is 12.7. The second kappa shape index (κ2) is 4.15. The lowest BCUT2D eigenvalue weighted by molar-refractivity contribution is -0.137. The number of benzene rings is 1. The Bertz CT molecular complexity index is 486. The molecule has 1 heterocycles. The highest BCUT2D eigenvalue weighted by molar-refractivity contribution is 5.70. The quantitative estimate of drug-likeness (QED) is 0.791. The molecule has 0 aliphatic carbocycles. The van der Waals surface area contributed by atoms with Crippen molar-refractivity contribution in [3.05, 3.63) is 35.1 Å². The third-order valence-electron chi connectivity index (χ3n) is 2.61. The molecule has 2 rings (SSSR count). The molecule has 0 bridgehead atoms. The van der Waals surface area contributed by atoms with E-state index in [-0.39, 0.29) is 5.56 Å². The number of cyclic esters (lactones) is 1. The van der Waals surface area contributed by atoms with Crippen LogP contribution in [0.3, 0.4) is 0 Å². The van der Waals surface area contributed by atoms with Crippen molar-refractivity contribution in [1.29, 1.82) is 0 Å². The minimum Gasteiger partial charge on any atom is -0.439 e. The van der Waals surface area contributed by atoms with Crippen molar-refractivity contribution < 1.29 is 27.1 Å². The first-order valence-corrected chi connectivity index (χ1v) is 5.12. The summed E-state index contributed by atoms with van der Waals surface area (Å²) in [5, 5.41) is 2.38. The highest BCUT2D eigenvalue weighted by Gasteiger charge is 2.36. The van der Waals surface area contributed by atoms with Gasteiger partial charge in [0.25, 0.3) is 0 Å². The lowest BCUT2D eigenvalue weighted by atomic mass is 10.0. The molecule has 1 aliphatic heterocycles. The van der Waals surface area contributed by atoms with Gasteiger partial charge in [0.05, 0.1) is 11.6 Å². The number of hydrogen-bond acceptors (Lipinski definition) is 2. The second-order valence-corrected chi connectivity index (χ2v) is 4.03. The molecule has 0 saturated carbocycles. The van der Waals surface area contributed by atoms with Crippen LogP contribution in [0.15, 0.2) is 18.2 Å². The minimum absolute atomic E-state index is 0.0202. The van der Waals surface area contributed by atoms with Gasteiger partial charge in [-0.2, -0.15) is 13.2 Å². The van der Waals surface area contributed by atoms with Crippen molar-refractivity contribution in [1.82, 2.24) is 5.32 Å². The Labute approximate surface area is 99.7 Å². The van der Waals surface area contributed by atoms with Crippen LogP contribution in [0.2, 0.25) is 0 Å². The Hall–Kier alpha value is -1.79. The molecule has 0 aromatic heterocycles. The molecule has 0 spiro atoms. The molecule has 98 valence electrons. The summed E-state index contributed by atoms with van der Waals surface area (Å²) >= 11 is 0. The van der Waals surface area contributed by atoms with Crippen LogP contribution in [0.1, 0.15) is 24.2 Å². The van der Waals surface area contributed by atoms with E-state index in [0.717, 1.165) is 12.1 Å². The normalized spacial score (nSPS) is 23.7. The van der Waals surface area contributed by atoms with Gasteiger partial charge in [0.15, 0.2) is 0 Å². The number of ether oxygens (including phenoxy) is 1. The molecular formula is C11H9F4NO2. The molecule has 1 aromatic rings. The van der Waals surface area contributed by atoms with Crippen LogP contribution in [0.5, 0.6) is 0 Å². The summed E-state index contributed by atoms with van der Waals surface area (Å²) in [6.45, 7) is 1.56. The van der Waals surface area contributed by atoms with E-state index in [1.807, 2.05) is 0 Å². The van der Waals surface area contributed by atoms with Crippen LogP contribution in [0, 0.1) is 5.82 Å². The van der Waals surface area contributed by atoms with Gasteiger partial charge in [-0.3, -0.25) is 0 Å². The predicted octanol–water partition coefficient (Wildman–Crippen LogP) is 3.01. The molecule has 1 saturated heterocycles. The summed E-state index contributed by atoms with van der Waals surface area (Å²) in [5.41, 5.74) is -1.12. The van der Waals surface area contributed by atoms with Crippen molar-refractivity contribution in [2.24, 2.45) is 0 Å². The number of carbonyl (C=O) groups excluding carboxylic acids is 1. The lowest BCUT2D eigenvalue weighted by Crippen LogP contribution is -2.24. The first-order chi connectivity index (χ1) is 8.27. The summed E-state index contributed by atoms with van der Waals surface area (Å²) in [6.07, 6.45) is -6.30. The Morgan fingerprint density at radius 2 is 1.94 bits per heavy atom. The summed E-state index contributed by atoms with van der Waals surface area (Å²) in [5.74, 6) is -1.02. The van der Waals surface area contributed by atoms with Crippen molar-refractivity contribution in [2.75, 3.05) is 0 Å². The Morgan fingerprint density at radius 1 is 1.28 bits per heavy atom. The zero-order chi connectivity index (χ0) is 13.5. The van der Waals surface area contributed by atoms with Gasteiger partial charge >= 0.3 is 12.3 Å². The number of alkyl carbamates (subject to hydrolysis) is 1. The van der Waals surface area contributed by atoms with Crippen molar-refractivity contribution in [2.45, 2.75) is 25.2 Å². The van der Waals surface area contributed by atoms with Crippen LogP contribution in [0.25, 0.3) is 0 Å². The smallest absolute Gasteiger partial charge is 0.416 e. The molecule has 18 heavy (non-hydrogen) atoms. The topological polar surface area (TPSA) is 38.3 Å². The Kier molecular flexibility index (Phi) is 2.92. The van der Waals surface area contributed by atoms with Crippen LogP contribution in [-0.2, 0) is 10.9 Å². The van der Waals surface area contributed by atoms with Crippen molar-refractivity contribution in [3.63, 3.8) is 0 Å². The van der Waals surface area contributed by atoms with Gasteiger partial charge in [0, 0.05) is 0 Å². The average molecular weight is 263 g/mol. The van der Waals surface area contributed by atoms with Gasteiger partial charge in [-0.25, -0.2) is 9.18 Å². The number of alkyl halides is 3. The monoisotopic (exact) mass is 263 g/mol. The van der Waals surface area contributed by atoms with Crippen LogP contribution in [-0.4, -0.2) is 12.1 Å². The zero-order valence-electron chi connectivity index (χ0n) is 9.22. The summed E-state index contributed by atoms with van der Waals surface area (Å²) in [6, 6.07) is 1.60. The van der Waals surface area contributed by atoms with E-state index in [9.17, 15) is 22.4 Å². The third-order valence-corrected chi connectivity index (χ3v) is 2.61. The first-order valence-electron chi connectivity index (χ1n) is 5.12. The van der Waals surface area contributed by atoms with Gasteiger partial charge in [-0.15, -0.1) is 0 Å². The maximum atomic E-state index is 13.2. The van der Waals surface area contributed by atoms with E-state index in [2.05, 4.69) is 5.32 Å². The van der Waals surface area contributed by atoms with Gasteiger partial charge in [-0.05, 0) is 30.7 Å². The van der Waals surface area contributed by atoms with Crippen molar-refractivity contribution in [3.8, 4) is 0 Å². The molecule has 0 radical (unpaired) electrons. The van der Waals surface area contributed by atoms with Crippen LogP contribution in [0.4, 0.5) is 22.4 Å². The van der Waals surface area contributed by atoms with Crippen LogP contribution >= 0.6 is 0 Å². The zero-order valence-corrected chi connectivity index (χ0v) is 9.22. The molecule has 2 atom stereocenters. The molecule has 1 fully saturated rings. The van der Waals surface area contributed by atoms with Crippen LogP contribution < -0.4 is 5.32 Å². The number of amides is 1. The molecule has 3 nitrogen and oxygen atoms in total. The number of halogens is 4. The number of carbonyl (C=O) groups is 1. The van der Waals surface area contributed by atoms with Gasteiger partial charge < -0.3 is 10.1 Å². The fourth-order valence-electron chi connectivity index (χ4n) is 1.81. The maximum Gasteiger partial charge on any atom is 0.416 e. The Balaban J connectivity index is 2.40. The molecule has 1 amide bonds. The van der Waals surface area contributed by atoms with E-state index < -0.39 is 35.8 Å². The van der Waals surface area contributed by atoms with Gasteiger partial charge in [-0.1, -0.05) is 0 Å². The largest absolute Gasteiger partial charge is 0.439 e. The summed E-state index contributed by atoms with van der Waals surface area (Å²) in [4.78, 5) is 11.0.